The van der Waals surface area contributed by atoms with Crippen molar-refractivity contribution in [2.24, 2.45) is 0 Å². The Balaban J connectivity index is 1.29. The van der Waals surface area contributed by atoms with Crippen molar-refractivity contribution in [2.75, 3.05) is 52.1 Å². The van der Waals surface area contributed by atoms with E-state index in [0.29, 0.717) is 37.6 Å². The second-order valence-electron chi connectivity index (χ2n) is 10.0. The first kappa shape index (κ1) is 30.1. The molecule has 14 heteroatoms. The van der Waals surface area contributed by atoms with Gasteiger partial charge in [-0.3, -0.25) is 15.0 Å². The predicted molar refractivity (Wildman–Crippen MR) is 158 cm³/mol. The smallest absolute Gasteiger partial charge is 0.410 e. The number of thiazole rings is 1. The SMILES string of the molecule is Cc1nc(NC(=O)O)sc1S(=O)(=O)N1CCN(CC(C)NC(=O)c2cc(-c3cccc(CN(C)C)c3)cs2)CC1. The molecule has 0 radical (unpaired) electrons. The third-order valence-electron chi connectivity index (χ3n) is 6.37. The Kier molecular flexibility index (Phi) is 9.59. The van der Waals surface area contributed by atoms with Crippen molar-refractivity contribution in [2.45, 2.75) is 30.6 Å². The minimum atomic E-state index is -3.79. The number of thiophene rings is 1. The van der Waals surface area contributed by atoms with E-state index in [1.54, 1.807) is 6.92 Å². The van der Waals surface area contributed by atoms with Crippen LogP contribution in [0.4, 0.5) is 9.93 Å². The van der Waals surface area contributed by atoms with E-state index in [1.807, 2.05) is 44.6 Å². The van der Waals surface area contributed by atoms with Crippen LogP contribution in [0, 0.1) is 6.92 Å². The standard InChI is InChI=1S/C26H34N6O5S3/c1-17(27-23(33)22-13-21(16-38-22)20-7-5-6-19(12-20)15-30(3)4)14-31-8-10-32(11-9-31)40(36,37)24-18(2)28-25(39-24)29-26(34)35/h5-7,12-13,16-17H,8-11,14-15H2,1-4H3,(H,27,33)(H,28,29)(H,34,35). The number of carbonyl (C=O) groups is 2. The fourth-order valence-electron chi connectivity index (χ4n) is 4.59. The molecule has 1 aromatic carbocycles. The first-order valence-electron chi connectivity index (χ1n) is 12.8. The molecule has 0 saturated carbocycles. The fraction of sp³-hybridized carbons (Fsp3) is 0.423. The van der Waals surface area contributed by atoms with Gasteiger partial charge >= 0.3 is 6.09 Å². The lowest BCUT2D eigenvalue weighted by atomic mass is 10.1. The van der Waals surface area contributed by atoms with E-state index in [9.17, 15) is 18.0 Å². The van der Waals surface area contributed by atoms with E-state index in [4.69, 9.17) is 5.11 Å². The number of nitrogens with one attached hydrogen (secondary N) is 2. The van der Waals surface area contributed by atoms with Crippen molar-refractivity contribution in [1.29, 1.82) is 0 Å². The second kappa shape index (κ2) is 12.7. The van der Waals surface area contributed by atoms with Crippen molar-refractivity contribution in [3.63, 3.8) is 0 Å². The Bertz CT molecular complexity index is 1460. The Labute approximate surface area is 242 Å². The molecule has 0 bridgehead atoms. The van der Waals surface area contributed by atoms with Gasteiger partial charge in [0, 0.05) is 45.3 Å². The average molecular weight is 607 g/mol. The van der Waals surface area contributed by atoms with Gasteiger partial charge in [-0.15, -0.1) is 11.3 Å². The van der Waals surface area contributed by atoms with E-state index in [0.717, 1.165) is 29.0 Å². The van der Waals surface area contributed by atoms with Crippen molar-refractivity contribution in [3.05, 3.63) is 51.8 Å². The van der Waals surface area contributed by atoms with Gasteiger partial charge in [0.2, 0.25) is 0 Å². The molecule has 11 nitrogen and oxygen atoms in total. The summed E-state index contributed by atoms with van der Waals surface area (Å²) in [6, 6.07) is 10.1. The van der Waals surface area contributed by atoms with E-state index in [2.05, 4.69) is 37.6 Å². The normalized spacial score (nSPS) is 15.7. The highest BCUT2D eigenvalue weighted by Crippen LogP contribution is 2.30. The highest BCUT2D eigenvalue weighted by Gasteiger charge is 2.32. The third kappa shape index (κ3) is 7.44. The minimum Gasteiger partial charge on any atom is -0.465 e. The molecule has 4 rings (SSSR count). The van der Waals surface area contributed by atoms with Gasteiger partial charge in [0.25, 0.3) is 15.9 Å². The van der Waals surface area contributed by atoms with E-state index >= 15 is 0 Å². The summed E-state index contributed by atoms with van der Waals surface area (Å²) in [6.07, 6.45) is -1.29. The third-order valence-corrected chi connectivity index (χ3v) is 10.9. The summed E-state index contributed by atoms with van der Waals surface area (Å²) in [5.74, 6) is -0.124. The van der Waals surface area contributed by atoms with Crippen LogP contribution in [0.3, 0.4) is 0 Å². The largest absolute Gasteiger partial charge is 0.465 e. The van der Waals surface area contributed by atoms with Gasteiger partial charge in [-0.1, -0.05) is 29.5 Å². The predicted octanol–water partition coefficient (Wildman–Crippen LogP) is 3.46. The van der Waals surface area contributed by atoms with Gasteiger partial charge in [-0.05, 0) is 62.1 Å². The lowest BCUT2D eigenvalue weighted by Crippen LogP contribution is -2.52. The summed E-state index contributed by atoms with van der Waals surface area (Å²) in [5, 5.41) is 16.1. The topological polar surface area (TPSA) is 135 Å². The summed E-state index contributed by atoms with van der Waals surface area (Å²) >= 11 is 2.23. The quantitative estimate of drug-likeness (QED) is 0.320. The van der Waals surface area contributed by atoms with Gasteiger partial charge in [0.1, 0.15) is 0 Å². The molecule has 2 amide bonds. The number of hydrogen-bond donors (Lipinski definition) is 3. The van der Waals surface area contributed by atoms with Crippen LogP contribution in [0.2, 0.25) is 0 Å². The molecular formula is C26H34N6O5S3. The first-order valence-corrected chi connectivity index (χ1v) is 15.9. The van der Waals surface area contributed by atoms with Crippen molar-refractivity contribution in [1.82, 2.24) is 24.4 Å². The number of nitrogens with zero attached hydrogens (tertiary/aromatic N) is 4. The molecule has 3 heterocycles. The van der Waals surface area contributed by atoms with Gasteiger partial charge in [-0.2, -0.15) is 4.31 Å². The molecule has 1 unspecified atom stereocenters. The van der Waals surface area contributed by atoms with Crippen LogP contribution in [-0.2, 0) is 16.6 Å². The molecule has 1 saturated heterocycles. The number of carbonyl (C=O) groups excluding carboxylic acids is 1. The van der Waals surface area contributed by atoms with Gasteiger partial charge < -0.3 is 15.3 Å². The van der Waals surface area contributed by atoms with E-state index in [1.165, 1.54) is 21.2 Å². The highest BCUT2D eigenvalue weighted by atomic mass is 32.2. The number of aryl methyl sites for hydroxylation is 1. The molecule has 2 aromatic heterocycles. The summed E-state index contributed by atoms with van der Waals surface area (Å²) in [7, 11) is 0.280. The molecule has 1 atom stereocenters. The van der Waals surface area contributed by atoms with Crippen molar-refractivity contribution in [3.8, 4) is 11.1 Å². The second-order valence-corrected chi connectivity index (χ2v) is 14.1. The highest BCUT2D eigenvalue weighted by molar-refractivity contribution is 7.91. The monoisotopic (exact) mass is 606 g/mol. The Morgan fingerprint density at radius 1 is 1.15 bits per heavy atom. The zero-order valence-corrected chi connectivity index (χ0v) is 25.3. The molecule has 0 aliphatic carbocycles. The van der Waals surface area contributed by atoms with E-state index < -0.39 is 16.1 Å². The van der Waals surface area contributed by atoms with Gasteiger partial charge in [-0.25, -0.2) is 18.2 Å². The number of anilines is 1. The number of sulfonamides is 1. The molecule has 1 aliphatic heterocycles. The van der Waals surface area contributed by atoms with Crippen molar-refractivity contribution >= 4 is 49.8 Å². The van der Waals surface area contributed by atoms with Crippen LogP contribution >= 0.6 is 22.7 Å². The number of benzene rings is 1. The van der Waals surface area contributed by atoms with Crippen LogP contribution in [-0.4, -0.2) is 97.5 Å². The van der Waals surface area contributed by atoms with Gasteiger partial charge in [0.05, 0.1) is 10.6 Å². The number of aromatic nitrogens is 1. The zero-order chi connectivity index (χ0) is 29.0. The maximum absolute atomic E-state index is 13.2. The lowest BCUT2D eigenvalue weighted by molar-refractivity contribution is 0.0926. The molecule has 216 valence electrons. The van der Waals surface area contributed by atoms with Gasteiger partial charge in [0.15, 0.2) is 9.34 Å². The molecule has 3 aromatic rings. The maximum atomic E-state index is 13.2. The minimum absolute atomic E-state index is 0.0301. The molecule has 3 N–H and O–H groups in total. The summed E-state index contributed by atoms with van der Waals surface area (Å²) in [5.41, 5.74) is 3.58. The number of hydrogen-bond acceptors (Lipinski definition) is 9. The van der Waals surface area contributed by atoms with E-state index in [-0.39, 0.29) is 27.0 Å². The number of carboxylic acid groups (broad SMARTS) is 1. The summed E-state index contributed by atoms with van der Waals surface area (Å²) < 4.78 is 27.8. The Hall–Kier alpha value is -2.88. The fourth-order valence-corrected chi connectivity index (χ4v) is 8.37. The van der Waals surface area contributed by atoms with Crippen LogP contribution < -0.4 is 10.6 Å². The van der Waals surface area contributed by atoms with Crippen LogP contribution in [0.1, 0.15) is 27.9 Å². The zero-order valence-electron chi connectivity index (χ0n) is 22.9. The molecule has 0 spiro atoms. The number of amides is 2. The van der Waals surface area contributed by atoms with Crippen LogP contribution in [0.5, 0.6) is 0 Å². The number of piperazine rings is 1. The maximum Gasteiger partial charge on any atom is 0.410 e. The molecular weight excluding hydrogens is 573 g/mol. The number of rotatable bonds is 10. The molecule has 40 heavy (non-hydrogen) atoms. The van der Waals surface area contributed by atoms with Crippen LogP contribution in [0.25, 0.3) is 11.1 Å². The average Bonchev–Trinajstić information content (AvgIpc) is 3.51. The molecule has 1 fully saturated rings. The summed E-state index contributed by atoms with van der Waals surface area (Å²) in [4.78, 5) is 32.7. The van der Waals surface area contributed by atoms with Crippen molar-refractivity contribution < 1.29 is 23.1 Å². The Morgan fingerprint density at radius 2 is 1.88 bits per heavy atom. The summed E-state index contributed by atoms with van der Waals surface area (Å²) in [6.45, 7) is 6.56. The lowest BCUT2D eigenvalue weighted by Gasteiger charge is -2.35. The Morgan fingerprint density at radius 3 is 2.55 bits per heavy atom. The first-order chi connectivity index (χ1) is 18.9. The van der Waals surface area contributed by atoms with Crippen LogP contribution in [0.15, 0.2) is 39.9 Å². The molecule has 1 aliphatic rings.